The van der Waals surface area contributed by atoms with Crippen molar-refractivity contribution >= 4 is 29.9 Å². The zero-order valence-electron chi connectivity index (χ0n) is 18.5. The Morgan fingerprint density at radius 1 is 1.13 bits per heavy atom. The first kappa shape index (κ1) is 25.3. The molecule has 170 valence electrons. The molecule has 0 bridgehead atoms. The molecule has 0 aromatic heterocycles. The molecule has 0 spiro atoms. The van der Waals surface area contributed by atoms with Crippen LogP contribution in [0, 0.1) is 5.92 Å². The molecule has 1 fully saturated rings. The molecule has 1 aliphatic rings. The molecule has 7 heteroatoms. The Bertz CT molecular complexity index is 804. The summed E-state index contributed by atoms with van der Waals surface area (Å²) in [5, 5.41) is 6.81. The quantitative estimate of drug-likeness (QED) is 0.296. The normalized spacial score (nSPS) is 19.6. The summed E-state index contributed by atoms with van der Waals surface area (Å²) in [6.07, 6.45) is 2.33. The molecule has 0 amide bonds. The molecule has 2 aromatic rings. The highest BCUT2D eigenvalue weighted by Crippen LogP contribution is 2.33. The van der Waals surface area contributed by atoms with Crippen LogP contribution < -0.4 is 20.1 Å². The first-order valence-electron chi connectivity index (χ1n) is 10.6. The number of hydrogen-bond donors (Lipinski definition) is 2. The summed E-state index contributed by atoms with van der Waals surface area (Å²) >= 11 is 0. The summed E-state index contributed by atoms with van der Waals surface area (Å²) in [7, 11) is 3.44. The van der Waals surface area contributed by atoms with Crippen molar-refractivity contribution in [2.24, 2.45) is 10.9 Å². The Balaban J connectivity index is 0.00000341. The minimum atomic E-state index is -0.0225. The topological polar surface area (TPSA) is 64.1 Å². The number of aliphatic imine (C=N–C) groups is 1. The number of methoxy groups -OCH3 is 1. The number of benzene rings is 2. The van der Waals surface area contributed by atoms with Gasteiger partial charge in [0, 0.05) is 32.2 Å². The number of hydrogen-bond acceptors (Lipinski definition) is 4. The van der Waals surface area contributed by atoms with E-state index < -0.39 is 0 Å². The van der Waals surface area contributed by atoms with Crippen molar-refractivity contribution in [3.05, 3.63) is 60.2 Å². The highest BCUT2D eigenvalue weighted by atomic mass is 127. The van der Waals surface area contributed by atoms with Gasteiger partial charge < -0.3 is 24.8 Å². The highest BCUT2D eigenvalue weighted by Gasteiger charge is 2.27. The molecule has 3 unspecified atom stereocenters. The number of guanidine groups is 1. The average Bonchev–Trinajstić information content (AvgIpc) is 2.80. The molecule has 31 heavy (non-hydrogen) atoms. The van der Waals surface area contributed by atoms with Gasteiger partial charge in [-0.3, -0.25) is 4.99 Å². The van der Waals surface area contributed by atoms with Crippen LogP contribution in [0.1, 0.15) is 31.4 Å². The van der Waals surface area contributed by atoms with E-state index in [0.29, 0.717) is 12.5 Å². The first-order valence-corrected chi connectivity index (χ1v) is 10.6. The third kappa shape index (κ3) is 7.88. The van der Waals surface area contributed by atoms with E-state index in [1.165, 1.54) is 5.56 Å². The Morgan fingerprint density at radius 3 is 2.65 bits per heavy atom. The lowest BCUT2D eigenvalue weighted by atomic mass is 9.89. The van der Waals surface area contributed by atoms with Crippen LogP contribution in [0.4, 0.5) is 0 Å². The van der Waals surface area contributed by atoms with Crippen molar-refractivity contribution < 1.29 is 14.2 Å². The fraction of sp³-hybridized carbons (Fsp3) is 0.458. The van der Waals surface area contributed by atoms with E-state index in [0.717, 1.165) is 43.5 Å². The molecule has 2 N–H and O–H groups in total. The van der Waals surface area contributed by atoms with E-state index in [2.05, 4.69) is 39.9 Å². The SMILES string of the molecule is CN=C(NCC(C)Oc1cccc(OC)c1)NCC1CCCOC1c1ccccc1.I. The minimum Gasteiger partial charge on any atom is -0.497 e. The summed E-state index contributed by atoms with van der Waals surface area (Å²) in [6.45, 7) is 4.30. The molecule has 3 atom stereocenters. The fourth-order valence-corrected chi connectivity index (χ4v) is 3.70. The molecular weight excluding hydrogens is 505 g/mol. The van der Waals surface area contributed by atoms with Gasteiger partial charge in [-0.1, -0.05) is 36.4 Å². The molecular formula is C24H34IN3O3. The maximum absolute atomic E-state index is 6.10. The summed E-state index contributed by atoms with van der Waals surface area (Å²) in [4.78, 5) is 4.35. The summed E-state index contributed by atoms with van der Waals surface area (Å²) in [5.74, 6) is 2.75. The first-order chi connectivity index (χ1) is 14.7. The Kier molecular flexibility index (Phi) is 10.9. The second kappa shape index (κ2) is 13.4. The van der Waals surface area contributed by atoms with Gasteiger partial charge in [0.1, 0.15) is 17.6 Å². The van der Waals surface area contributed by atoms with E-state index in [1.807, 2.05) is 37.3 Å². The van der Waals surface area contributed by atoms with Crippen LogP contribution in [0.5, 0.6) is 11.5 Å². The van der Waals surface area contributed by atoms with E-state index >= 15 is 0 Å². The van der Waals surface area contributed by atoms with Crippen LogP contribution in [0.25, 0.3) is 0 Å². The smallest absolute Gasteiger partial charge is 0.191 e. The van der Waals surface area contributed by atoms with Crippen LogP contribution in [-0.4, -0.2) is 45.9 Å². The van der Waals surface area contributed by atoms with Crippen molar-refractivity contribution in [2.45, 2.75) is 32.0 Å². The third-order valence-electron chi connectivity index (χ3n) is 5.26. The zero-order valence-corrected chi connectivity index (χ0v) is 20.9. The zero-order chi connectivity index (χ0) is 21.2. The lowest BCUT2D eigenvalue weighted by Gasteiger charge is -2.32. The van der Waals surface area contributed by atoms with E-state index in [4.69, 9.17) is 14.2 Å². The maximum atomic E-state index is 6.10. The van der Waals surface area contributed by atoms with Crippen LogP contribution in [0.3, 0.4) is 0 Å². The summed E-state index contributed by atoms with van der Waals surface area (Å²) in [5.41, 5.74) is 1.24. The summed E-state index contributed by atoms with van der Waals surface area (Å²) in [6, 6.07) is 18.1. The second-order valence-corrected chi connectivity index (χ2v) is 7.55. The van der Waals surface area contributed by atoms with Gasteiger partial charge in [0.2, 0.25) is 0 Å². The number of rotatable bonds is 8. The van der Waals surface area contributed by atoms with Gasteiger partial charge in [-0.25, -0.2) is 0 Å². The van der Waals surface area contributed by atoms with Gasteiger partial charge >= 0.3 is 0 Å². The lowest BCUT2D eigenvalue weighted by Crippen LogP contribution is -2.44. The van der Waals surface area contributed by atoms with Gasteiger partial charge in [0.05, 0.1) is 19.8 Å². The van der Waals surface area contributed by atoms with Crippen molar-refractivity contribution in [3.8, 4) is 11.5 Å². The number of nitrogens with zero attached hydrogens (tertiary/aromatic N) is 1. The Labute approximate surface area is 202 Å². The predicted molar refractivity (Wildman–Crippen MR) is 136 cm³/mol. The Hall–Kier alpha value is -2.00. The van der Waals surface area contributed by atoms with E-state index in [-0.39, 0.29) is 36.2 Å². The van der Waals surface area contributed by atoms with Crippen LogP contribution in [-0.2, 0) is 4.74 Å². The lowest BCUT2D eigenvalue weighted by molar-refractivity contribution is -0.0265. The standard InChI is InChI=1S/C24H33N3O3.HI/c1-18(30-22-13-7-12-21(15-22)28-3)16-26-24(25-2)27-17-20-11-8-14-29-23(20)19-9-5-4-6-10-19;/h4-7,9-10,12-13,15,18,20,23H,8,11,14,16-17H2,1-3H3,(H2,25,26,27);1H. The van der Waals surface area contributed by atoms with Crippen LogP contribution >= 0.6 is 24.0 Å². The van der Waals surface area contributed by atoms with Gasteiger partial charge in [-0.05, 0) is 37.5 Å². The van der Waals surface area contributed by atoms with Crippen molar-refractivity contribution in [3.63, 3.8) is 0 Å². The maximum Gasteiger partial charge on any atom is 0.191 e. The largest absolute Gasteiger partial charge is 0.497 e. The summed E-state index contributed by atoms with van der Waals surface area (Å²) < 4.78 is 17.3. The van der Waals surface area contributed by atoms with E-state index in [1.54, 1.807) is 14.2 Å². The molecule has 1 saturated heterocycles. The molecule has 2 aromatic carbocycles. The highest BCUT2D eigenvalue weighted by molar-refractivity contribution is 14.0. The van der Waals surface area contributed by atoms with E-state index in [9.17, 15) is 0 Å². The van der Waals surface area contributed by atoms with Crippen molar-refractivity contribution in [1.82, 2.24) is 10.6 Å². The van der Waals surface area contributed by atoms with Crippen molar-refractivity contribution in [1.29, 1.82) is 0 Å². The second-order valence-electron chi connectivity index (χ2n) is 7.55. The van der Waals surface area contributed by atoms with Gasteiger partial charge in [0.15, 0.2) is 5.96 Å². The molecule has 0 aliphatic carbocycles. The van der Waals surface area contributed by atoms with Crippen LogP contribution in [0.15, 0.2) is 59.6 Å². The fourth-order valence-electron chi connectivity index (χ4n) is 3.70. The number of nitrogens with one attached hydrogen (secondary N) is 2. The average molecular weight is 539 g/mol. The molecule has 1 aliphatic heterocycles. The molecule has 6 nitrogen and oxygen atoms in total. The Morgan fingerprint density at radius 2 is 1.90 bits per heavy atom. The molecule has 0 radical (unpaired) electrons. The van der Waals surface area contributed by atoms with Crippen molar-refractivity contribution in [2.75, 3.05) is 33.9 Å². The number of halogens is 1. The molecule has 0 saturated carbocycles. The van der Waals surface area contributed by atoms with Gasteiger partial charge in [-0.2, -0.15) is 0 Å². The predicted octanol–water partition coefficient (Wildman–Crippen LogP) is 4.41. The number of ether oxygens (including phenoxy) is 3. The van der Waals surface area contributed by atoms with Gasteiger partial charge in [-0.15, -0.1) is 24.0 Å². The minimum absolute atomic E-state index is 0. The van der Waals surface area contributed by atoms with Crippen LogP contribution in [0.2, 0.25) is 0 Å². The molecule has 1 heterocycles. The van der Waals surface area contributed by atoms with Gasteiger partial charge in [0.25, 0.3) is 0 Å². The molecule has 3 rings (SSSR count). The monoisotopic (exact) mass is 539 g/mol. The third-order valence-corrected chi connectivity index (χ3v) is 5.26.